The van der Waals surface area contributed by atoms with Crippen molar-refractivity contribution in [3.8, 4) is 67.8 Å². The quantitative estimate of drug-likeness (QED) is 0.162. The zero-order chi connectivity index (χ0) is 46.8. The van der Waals surface area contributed by atoms with Gasteiger partial charge in [0, 0.05) is 38.4 Å². The Labute approximate surface area is 408 Å². The Morgan fingerprint density at radius 2 is 0.859 bits per heavy atom. The van der Waals surface area contributed by atoms with Crippen molar-refractivity contribution >= 4 is 49.3 Å². The molecule has 0 radical (unpaired) electrons. The van der Waals surface area contributed by atoms with E-state index in [4.69, 9.17) is 21.5 Å². The van der Waals surface area contributed by atoms with E-state index >= 15 is 0 Å². The van der Waals surface area contributed by atoms with Crippen LogP contribution in [0, 0.1) is 6.57 Å². The van der Waals surface area contributed by atoms with E-state index in [0.29, 0.717) is 23.3 Å². The zero-order valence-corrected chi connectivity index (χ0v) is 38.1. The number of para-hydroxylation sites is 3. The summed E-state index contributed by atoms with van der Waals surface area (Å²) in [5, 5.41) is 4.65. The first-order valence-corrected chi connectivity index (χ1v) is 24.0. The van der Waals surface area contributed by atoms with Crippen molar-refractivity contribution in [1.82, 2.24) is 24.1 Å². The summed E-state index contributed by atoms with van der Waals surface area (Å²) in [5.41, 5.74) is 18.9. The van der Waals surface area contributed by atoms with Crippen LogP contribution in [0.15, 0.2) is 231 Å². The van der Waals surface area contributed by atoms with Gasteiger partial charge < -0.3 is 4.57 Å². The highest BCUT2D eigenvalue weighted by molar-refractivity contribution is 6.12. The fourth-order valence-electron chi connectivity index (χ4n) is 12.0. The molecule has 0 unspecified atom stereocenters. The molecule has 6 heteroatoms. The average Bonchev–Trinajstić information content (AvgIpc) is 4.15. The molecule has 15 rings (SSSR count). The Bertz CT molecular complexity index is 4380. The number of hydrogen-bond donors (Lipinski definition) is 0. The van der Waals surface area contributed by atoms with Crippen molar-refractivity contribution in [3.05, 3.63) is 264 Å². The van der Waals surface area contributed by atoms with Crippen LogP contribution in [0.3, 0.4) is 0 Å². The Balaban J connectivity index is 0.949. The molecule has 3 aromatic heterocycles. The zero-order valence-electron chi connectivity index (χ0n) is 38.1. The van der Waals surface area contributed by atoms with E-state index in [9.17, 15) is 0 Å². The van der Waals surface area contributed by atoms with Crippen molar-refractivity contribution in [2.24, 2.45) is 0 Å². The second kappa shape index (κ2) is 14.9. The first kappa shape index (κ1) is 39.3. The predicted octanol–water partition coefficient (Wildman–Crippen LogP) is 16.0. The second-order valence-electron chi connectivity index (χ2n) is 18.6. The molecule has 2 aliphatic carbocycles. The lowest BCUT2D eigenvalue weighted by Gasteiger charge is -2.31. The Kier molecular flexibility index (Phi) is 8.25. The lowest BCUT2D eigenvalue weighted by Crippen LogP contribution is -2.25. The minimum Gasteiger partial charge on any atom is -0.309 e. The van der Waals surface area contributed by atoms with Crippen molar-refractivity contribution in [2.45, 2.75) is 5.41 Å². The summed E-state index contributed by atoms with van der Waals surface area (Å²) in [6.07, 6.45) is 0. The summed E-state index contributed by atoms with van der Waals surface area (Å²) in [7, 11) is 0. The molecule has 0 N–H and O–H groups in total. The molecule has 71 heavy (non-hydrogen) atoms. The molecule has 6 nitrogen and oxygen atoms in total. The molecular formula is C65H38N6. The fourth-order valence-corrected chi connectivity index (χ4v) is 12.0. The number of benzene rings is 10. The third-order valence-electron chi connectivity index (χ3n) is 15.0. The van der Waals surface area contributed by atoms with Gasteiger partial charge in [-0.1, -0.05) is 182 Å². The summed E-state index contributed by atoms with van der Waals surface area (Å²) in [5.74, 6) is 1.70. The summed E-state index contributed by atoms with van der Waals surface area (Å²) in [4.78, 5) is 20.1. The van der Waals surface area contributed by atoms with Crippen LogP contribution in [0.25, 0.3) is 116 Å². The lowest BCUT2D eigenvalue weighted by atomic mass is 9.70. The van der Waals surface area contributed by atoms with Crippen molar-refractivity contribution in [3.63, 3.8) is 0 Å². The fraction of sp³-hybridized carbons (Fsp3) is 0.0154. The SMILES string of the molecule is [C-]#[N+]c1ccc2c(c1)C1(c3ccccc3-c3ccccc31)c1cc(-c3nc(-c4ccccc4)nc(-n4c5ccccc5c5ccc(-c6ccc7c(c6)c6ccccc6n7-c6ccccc6)cc54)n3)ccc1-2. The molecule has 3 heterocycles. The van der Waals surface area contributed by atoms with Gasteiger partial charge in [-0.05, 0) is 104 Å². The van der Waals surface area contributed by atoms with E-state index in [1.165, 1.54) is 44.1 Å². The highest BCUT2D eigenvalue weighted by Gasteiger charge is 2.51. The van der Waals surface area contributed by atoms with Gasteiger partial charge in [0.25, 0.3) is 0 Å². The molecule has 328 valence electrons. The summed E-state index contributed by atoms with van der Waals surface area (Å²) in [6, 6.07) is 82.0. The Morgan fingerprint density at radius 1 is 0.338 bits per heavy atom. The molecule has 0 bridgehead atoms. The summed E-state index contributed by atoms with van der Waals surface area (Å²) < 4.78 is 4.57. The van der Waals surface area contributed by atoms with E-state index in [-0.39, 0.29) is 0 Å². The molecule has 2 aliphatic rings. The van der Waals surface area contributed by atoms with E-state index < -0.39 is 5.41 Å². The van der Waals surface area contributed by atoms with Crippen LogP contribution in [0.2, 0.25) is 0 Å². The molecular weight excluding hydrogens is 865 g/mol. The maximum Gasteiger partial charge on any atom is 0.238 e. The van der Waals surface area contributed by atoms with Gasteiger partial charge in [0.05, 0.1) is 34.1 Å². The minimum atomic E-state index is -0.643. The summed E-state index contributed by atoms with van der Waals surface area (Å²) in [6.45, 7) is 8.07. The number of nitrogens with zero attached hydrogens (tertiary/aromatic N) is 6. The van der Waals surface area contributed by atoms with Crippen LogP contribution in [0.4, 0.5) is 5.69 Å². The average molecular weight is 903 g/mol. The van der Waals surface area contributed by atoms with Crippen LogP contribution >= 0.6 is 0 Å². The van der Waals surface area contributed by atoms with Gasteiger partial charge in [-0.2, -0.15) is 9.97 Å². The highest BCUT2D eigenvalue weighted by atomic mass is 15.2. The van der Waals surface area contributed by atoms with Crippen molar-refractivity contribution < 1.29 is 0 Å². The maximum absolute atomic E-state index is 8.07. The minimum absolute atomic E-state index is 0.537. The van der Waals surface area contributed by atoms with Gasteiger partial charge in [-0.3, -0.25) is 4.57 Å². The second-order valence-corrected chi connectivity index (χ2v) is 18.6. The Hall–Kier alpha value is -9.70. The molecule has 0 fully saturated rings. The van der Waals surface area contributed by atoms with Gasteiger partial charge in [-0.25, -0.2) is 9.83 Å². The lowest BCUT2D eigenvalue weighted by molar-refractivity contribution is 0.794. The van der Waals surface area contributed by atoms with E-state index in [1.54, 1.807) is 0 Å². The highest BCUT2D eigenvalue weighted by Crippen LogP contribution is 2.63. The third kappa shape index (κ3) is 5.54. The maximum atomic E-state index is 8.07. The molecule has 0 aliphatic heterocycles. The smallest absolute Gasteiger partial charge is 0.238 e. The number of hydrogen-bond acceptors (Lipinski definition) is 3. The van der Waals surface area contributed by atoms with Crippen LogP contribution in [0.1, 0.15) is 22.3 Å². The molecule has 13 aromatic rings. The van der Waals surface area contributed by atoms with Gasteiger partial charge in [0.15, 0.2) is 17.3 Å². The predicted molar refractivity (Wildman–Crippen MR) is 287 cm³/mol. The van der Waals surface area contributed by atoms with Crippen LogP contribution < -0.4 is 0 Å². The molecule has 1 spiro atoms. The molecule has 0 atom stereocenters. The van der Waals surface area contributed by atoms with Crippen molar-refractivity contribution in [2.75, 3.05) is 0 Å². The third-order valence-corrected chi connectivity index (χ3v) is 15.0. The van der Waals surface area contributed by atoms with Crippen LogP contribution in [-0.2, 0) is 5.41 Å². The molecule has 0 saturated carbocycles. The standard InChI is InChI=1S/C65H38N6/c1-66-44-31-34-49-48-32-29-43(37-56(48)65(57(49)39-44)54-24-12-8-20-46(54)47-21-9-13-25-55(47)65)63-67-62(40-16-4-2-5-17-40)68-64(69-63)71-59-27-15-10-22-50(59)52-33-28-42(38-61(52)71)41-30-35-60-53(36-41)51-23-11-14-26-58(51)70(60)45-18-6-3-7-19-45/h2-39H. The molecule has 0 saturated heterocycles. The van der Waals surface area contributed by atoms with Gasteiger partial charge >= 0.3 is 0 Å². The number of rotatable bonds is 5. The first-order valence-electron chi connectivity index (χ1n) is 24.0. The van der Waals surface area contributed by atoms with Crippen LogP contribution in [-0.4, -0.2) is 24.1 Å². The Morgan fingerprint density at radius 3 is 1.59 bits per heavy atom. The van der Waals surface area contributed by atoms with E-state index in [0.717, 1.165) is 72.0 Å². The van der Waals surface area contributed by atoms with Gasteiger partial charge in [0.2, 0.25) is 5.95 Å². The summed E-state index contributed by atoms with van der Waals surface area (Å²) >= 11 is 0. The topological polar surface area (TPSA) is 52.9 Å². The van der Waals surface area contributed by atoms with Gasteiger partial charge in [-0.15, -0.1) is 0 Å². The monoisotopic (exact) mass is 902 g/mol. The number of aromatic nitrogens is 5. The van der Waals surface area contributed by atoms with E-state index in [2.05, 4.69) is 220 Å². The largest absolute Gasteiger partial charge is 0.309 e. The number of fused-ring (bicyclic) bond motifs is 16. The van der Waals surface area contributed by atoms with Crippen LogP contribution in [0.5, 0.6) is 0 Å². The van der Waals surface area contributed by atoms with Crippen molar-refractivity contribution in [1.29, 1.82) is 0 Å². The molecule has 0 amide bonds. The first-order chi connectivity index (χ1) is 35.2. The van der Waals surface area contributed by atoms with E-state index in [1.807, 2.05) is 24.3 Å². The normalized spacial score (nSPS) is 12.9. The molecule has 10 aromatic carbocycles. The van der Waals surface area contributed by atoms with Gasteiger partial charge in [0.1, 0.15) is 0 Å².